The van der Waals surface area contributed by atoms with Crippen LogP contribution in [0.25, 0.3) is 6.08 Å². The molecule has 0 radical (unpaired) electrons. The normalized spacial score (nSPS) is 10.9. The van der Waals surface area contributed by atoms with Crippen molar-refractivity contribution >= 4 is 23.6 Å². The highest BCUT2D eigenvalue weighted by molar-refractivity contribution is 6.30. The number of phenols is 1. The molecule has 0 bridgehead atoms. The van der Waals surface area contributed by atoms with Crippen LogP contribution in [0.2, 0.25) is 5.02 Å². The number of carbonyl (C=O) groups is 1. The summed E-state index contributed by atoms with van der Waals surface area (Å²) in [5, 5.41) is 21.5. The van der Waals surface area contributed by atoms with Crippen LogP contribution in [0.15, 0.2) is 23.8 Å². The molecule has 0 heterocycles. The van der Waals surface area contributed by atoms with E-state index in [2.05, 4.69) is 5.32 Å². The molecule has 100 valence electrons. The van der Waals surface area contributed by atoms with E-state index in [0.717, 1.165) is 0 Å². The topological polar surface area (TPSA) is 82.3 Å². The quantitative estimate of drug-likeness (QED) is 0.489. The van der Waals surface area contributed by atoms with Gasteiger partial charge in [0.25, 0.3) is 5.91 Å². The second-order valence-electron chi connectivity index (χ2n) is 3.62. The van der Waals surface area contributed by atoms with Crippen LogP contribution in [-0.4, -0.2) is 31.3 Å². The summed E-state index contributed by atoms with van der Waals surface area (Å²) < 4.78 is 4.78. The van der Waals surface area contributed by atoms with E-state index >= 15 is 0 Å². The maximum atomic E-state index is 11.7. The molecule has 0 saturated carbocycles. The van der Waals surface area contributed by atoms with Crippen LogP contribution in [0.3, 0.4) is 0 Å². The van der Waals surface area contributed by atoms with Crippen LogP contribution in [-0.2, 0) is 9.53 Å². The number of hydrogen-bond donors (Lipinski definition) is 2. The van der Waals surface area contributed by atoms with E-state index in [4.69, 9.17) is 21.6 Å². The summed E-state index contributed by atoms with van der Waals surface area (Å²) in [5.41, 5.74) is 0.194. The molecule has 19 heavy (non-hydrogen) atoms. The number of amides is 1. The summed E-state index contributed by atoms with van der Waals surface area (Å²) in [6.45, 7) is 0.656. The molecule has 2 N–H and O–H groups in total. The van der Waals surface area contributed by atoms with Crippen LogP contribution in [0, 0.1) is 11.3 Å². The van der Waals surface area contributed by atoms with Gasteiger partial charge in [0.2, 0.25) is 0 Å². The van der Waals surface area contributed by atoms with E-state index in [0.29, 0.717) is 23.7 Å². The van der Waals surface area contributed by atoms with Crippen molar-refractivity contribution in [2.24, 2.45) is 0 Å². The summed E-state index contributed by atoms with van der Waals surface area (Å²) in [6.07, 6.45) is 1.28. The van der Waals surface area contributed by atoms with Crippen LogP contribution in [0.1, 0.15) is 5.56 Å². The van der Waals surface area contributed by atoms with E-state index in [1.165, 1.54) is 31.4 Å². The molecule has 0 unspecified atom stereocenters. The van der Waals surface area contributed by atoms with Crippen molar-refractivity contribution in [1.82, 2.24) is 5.32 Å². The predicted molar refractivity (Wildman–Crippen MR) is 71.6 cm³/mol. The minimum absolute atomic E-state index is 0.0539. The van der Waals surface area contributed by atoms with Gasteiger partial charge in [0.05, 0.1) is 6.61 Å². The van der Waals surface area contributed by atoms with E-state index in [-0.39, 0.29) is 11.3 Å². The number of nitrogens with zero attached hydrogens (tertiary/aromatic N) is 1. The highest BCUT2D eigenvalue weighted by Crippen LogP contribution is 2.23. The van der Waals surface area contributed by atoms with Gasteiger partial charge in [0.15, 0.2) is 0 Å². The zero-order valence-corrected chi connectivity index (χ0v) is 11.1. The van der Waals surface area contributed by atoms with Crippen molar-refractivity contribution in [1.29, 1.82) is 5.26 Å². The molecule has 0 fully saturated rings. The summed E-state index contributed by atoms with van der Waals surface area (Å²) in [5.74, 6) is -0.583. The van der Waals surface area contributed by atoms with Gasteiger partial charge in [-0.1, -0.05) is 11.6 Å². The second kappa shape index (κ2) is 7.41. The molecule has 0 aromatic heterocycles. The average molecular weight is 281 g/mol. The second-order valence-corrected chi connectivity index (χ2v) is 4.06. The van der Waals surface area contributed by atoms with Crippen molar-refractivity contribution in [3.8, 4) is 11.8 Å². The smallest absolute Gasteiger partial charge is 0.262 e. The third kappa shape index (κ3) is 4.62. The Hall–Kier alpha value is -2.03. The van der Waals surface area contributed by atoms with Gasteiger partial charge < -0.3 is 15.2 Å². The fraction of sp³-hybridized carbons (Fsp3) is 0.231. The molecule has 0 aliphatic heterocycles. The van der Waals surface area contributed by atoms with Gasteiger partial charge in [-0.05, 0) is 24.3 Å². The number of nitrogens with one attached hydrogen (secondary N) is 1. The number of carbonyl (C=O) groups excluding carboxylic acids is 1. The standard InChI is InChI=1S/C13H13ClN2O3/c1-19-5-4-16-13(18)10(8-15)6-9-7-11(14)2-3-12(9)17/h2-3,6-7,17H,4-5H2,1H3,(H,16,18)/b10-6+. The van der Waals surface area contributed by atoms with Gasteiger partial charge in [0, 0.05) is 24.2 Å². The van der Waals surface area contributed by atoms with E-state index in [1.54, 1.807) is 6.07 Å². The van der Waals surface area contributed by atoms with Gasteiger partial charge in [-0.2, -0.15) is 5.26 Å². The first-order valence-electron chi connectivity index (χ1n) is 5.46. The molecule has 5 nitrogen and oxygen atoms in total. The number of hydrogen-bond acceptors (Lipinski definition) is 4. The number of nitriles is 1. The lowest BCUT2D eigenvalue weighted by molar-refractivity contribution is -0.117. The third-order valence-electron chi connectivity index (χ3n) is 2.25. The number of ether oxygens (including phenoxy) is 1. The van der Waals surface area contributed by atoms with E-state index in [1.807, 2.05) is 0 Å². The SMILES string of the molecule is COCCNC(=O)/C(C#N)=C/c1cc(Cl)ccc1O. The van der Waals surface area contributed by atoms with Gasteiger partial charge in [-0.15, -0.1) is 0 Å². The van der Waals surface area contributed by atoms with Gasteiger partial charge >= 0.3 is 0 Å². The minimum Gasteiger partial charge on any atom is -0.507 e. The van der Waals surface area contributed by atoms with Crippen LogP contribution < -0.4 is 5.32 Å². The number of benzene rings is 1. The Labute approximate surface area is 116 Å². The first-order valence-corrected chi connectivity index (χ1v) is 5.83. The number of halogens is 1. The first-order chi connectivity index (χ1) is 9.08. The summed E-state index contributed by atoms with van der Waals surface area (Å²) >= 11 is 5.79. The van der Waals surface area contributed by atoms with Gasteiger partial charge in [0.1, 0.15) is 17.4 Å². The Kier molecular flexibility index (Phi) is 5.86. The van der Waals surface area contributed by atoms with Crippen molar-refractivity contribution in [3.63, 3.8) is 0 Å². The molecular weight excluding hydrogens is 268 g/mol. The Morgan fingerprint density at radius 2 is 2.37 bits per heavy atom. The number of rotatable bonds is 5. The van der Waals surface area contributed by atoms with Crippen molar-refractivity contribution in [3.05, 3.63) is 34.4 Å². The lowest BCUT2D eigenvalue weighted by Gasteiger charge is -2.04. The molecule has 6 heteroatoms. The Morgan fingerprint density at radius 1 is 1.63 bits per heavy atom. The van der Waals surface area contributed by atoms with Gasteiger partial charge in [-0.3, -0.25) is 4.79 Å². The van der Waals surface area contributed by atoms with Crippen molar-refractivity contribution < 1.29 is 14.6 Å². The first kappa shape index (κ1) is 15.0. The maximum absolute atomic E-state index is 11.7. The van der Waals surface area contributed by atoms with Crippen LogP contribution in [0.4, 0.5) is 0 Å². The Morgan fingerprint density at radius 3 is 3.00 bits per heavy atom. The lowest BCUT2D eigenvalue weighted by atomic mass is 10.1. The van der Waals surface area contributed by atoms with Gasteiger partial charge in [-0.25, -0.2) is 0 Å². The average Bonchev–Trinajstić information content (AvgIpc) is 2.39. The molecule has 0 atom stereocenters. The predicted octanol–water partition coefficient (Wildman–Crippen LogP) is 1.72. The minimum atomic E-state index is -0.529. The number of methoxy groups -OCH3 is 1. The molecule has 1 rings (SSSR count). The molecule has 0 aliphatic carbocycles. The summed E-state index contributed by atoms with van der Waals surface area (Å²) in [4.78, 5) is 11.7. The largest absolute Gasteiger partial charge is 0.507 e. The molecule has 0 saturated heterocycles. The maximum Gasteiger partial charge on any atom is 0.262 e. The molecular formula is C13H13ClN2O3. The van der Waals surface area contributed by atoms with Crippen LogP contribution in [0.5, 0.6) is 5.75 Å². The Balaban J connectivity index is 2.90. The lowest BCUT2D eigenvalue weighted by Crippen LogP contribution is -2.27. The molecule has 1 amide bonds. The molecule has 0 spiro atoms. The van der Waals surface area contributed by atoms with E-state index < -0.39 is 5.91 Å². The van der Waals surface area contributed by atoms with Crippen LogP contribution >= 0.6 is 11.6 Å². The molecule has 1 aromatic carbocycles. The highest BCUT2D eigenvalue weighted by Gasteiger charge is 2.09. The van der Waals surface area contributed by atoms with E-state index in [9.17, 15) is 9.90 Å². The number of phenolic OH excluding ortho intramolecular Hbond substituents is 1. The highest BCUT2D eigenvalue weighted by atomic mass is 35.5. The zero-order valence-electron chi connectivity index (χ0n) is 10.3. The third-order valence-corrected chi connectivity index (χ3v) is 2.48. The monoisotopic (exact) mass is 280 g/mol. The van der Waals surface area contributed by atoms with Crippen molar-refractivity contribution in [2.75, 3.05) is 20.3 Å². The number of aromatic hydroxyl groups is 1. The summed E-state index contributed by atoms with van der Waals surface area (Å²) in [7, 11) is 1.51. The zero-order chi connectivity index (χ0) is 14.3. The van der Waals surface area contributed by atoms with Crippen molar-refractivity contribution in [2.45, 2.75) is 0 Å². The Bertz CT molecular complexity index is 535. The molecule has 1 aromatic rings. The summed E-state index contributed by atoms with van der Waals surface area (Å²) in [6, 6.07) is 6.15. The fourth-order valence-electron chi connectivity index (χ4n) is 1.31. The fourth-order valence-corrected chi connectivity index (χ4v) is 1.49. The molecule has 0 aliphatic rings.